The standard InChI is InChI=1S/C24H40ClN5/c1-4-26-24(27-16-19-9-7-14-30(5-2)18-19)28-17-21-11-8-13-29(3)23(21)20-10-6-12-22(25)15-20/h6,10,12,15,19,21,23H,4-5,7-9,11,13-14,16-18H2,1-3H3,(H2,26,27,28). The fourth-order valence-corrected chi connectivity index (χ4v) is 5.27. The van der Waals surface area contributed by atoms with Crippen molar-refractivity contribution in [3.05, 3.63) is 34.9 Å². The number of guanidine groups is 1. The Kier molecular flexibility index (Phi) is 9.28. The molecule has 5 nitrogen and oxygen atoms in total. The van der Waals surface area contributed by atoms with Gasteiger partial charge in [-0.2, -0.15) is 0 Å². The van der Waals surface area contributed by atoms with Gasteiger partial charge in [0.1, 0.15) is 0 Å². The second-order valence-corrected chi connectivity index (χ2v) is 9.32. The van der Waals surface area contributed by atoms with Crippen molar-refractivity contribution in [1.82, 2.24) is 20.4 Å². The first kappa shape index (κ1) is 23.4. The van der Waals surface area contributed by atoms with Crippen LogP contribution in [0, 0.1) is 11.8 Å². The van der Waals surface area contributed by atoms with E-state index in [0.29, 0.717) is 17.9 Å². The molecule has 1 aromatic rings. The predicted molar refractivity (Wildman–Crippen MR) is 128 cm³/mol. The maximum absolute atomic E-state index is 6.30. The van der Waals surface area contributed by atoms with E-state index in [2.05, 4.69) is 59.5 Å². The van der Waals surface area contributed by atoms with Gasteiger partial charge in [0.25, 0.3) is 0 Å². The molecule has 0 bridgehead atoms. The average Bonchev–Trinajstić information content (AvgIpc) is 2.76. The third-order valence-corrected chi connectivity index (χ3v) is 6.87. The van der Waals surface area contributed by atoms with Crippen molar-refractivity contribution >= 4 is 17.6 Å². The quantitative estimate of drug-likeness (QED) is 0.503. The summed E-state index contributed by atoms with van der Waals surface area (Å²) in [5, 5.41) is 7.93. The molecule has 0 aromatic heterocycles. The van der Waals surface area contributed by atoms with Crippen molar-refractivity contribution in [1.29, 1.82) is 0 Å². The summed E-state index contributed by atoms with van der Waals surface area (Å²) < 4.78 is 0. The Bertz CT molecular complexity index is 679. The first-order valence-electron chi connectivity index (χ1n) is 11.8. The molecule has 3 atom stereocenters. The number of piperidine rings is 2. The van der Waals surface area contributed by atoms with Crippen molar-refractivity contribution in [2.24, 2.45) is 16.8 Å². The van der Waals surface area contributed by atoms with Crippen molar-refractivity contribution in [2.45, 2.75) is 45.6 Å². The highest BCUT2D eigenvalue weighted by Crippen LogP contribution is 2.35. The van der Waals surface area contributed by atoms with E-state index in [1.165, 1.54) is 44.3 Å². The van der Waals surface area contributed by atoms with E-state index < -0.39 is 0 Å². The second kappa shape index (κ2) is 11.9. The van der Waals surface area contributed by atoms with Gasteiger partial charge >= 0.3 is 0 Å². The molecule has 6 heteroatoms. The highest BCUT2D eigenvalue weighted by molar-refractivity contribution is 6.30. The molecule has 168 valence electrons. The Labute approximate surface area is 188 Å². The van der Waals surface area contributed by atoms with Crippen LogP contribution in [-0.4, -0.2) is 68.6 Å². The van der Waals surface area contributed by atoms with Gasteiger partial charge in [-0.15, -0.1) is 0 Å². The topological polar surface area (TPSA) is 42.9 Å². The van der Waals surface area contributed by atoms with E-state index in [1.807, 2.05) is 6.07 Å². The minimum atomic E-state index is 0.393. The minimum absolute atomic E-state index is 0.393. The molecule has 0 saturated carbocycles. The second-order valence-electron chi connectivity index (χ2n) is 8.88. The molecule has 3 rings (SSSR count). The lowest BCUT2D eigenvalue weighted by molar-refractivity contribution is 0.122. The minimum Gasteiger partial charge on any atom is -0.357 e. The van der Waals surface area contributed by atoms with Crippen molar-refractivity contribution < 1.29 is 0 Å². The molecular formula is C24H40ClN5. The van der Waals surface area contributed by atoms with E-state index in [1.54, 1.807) is 0 Å². The number of nitrogens with one attached hydrogen (secondary N) is 2. The van der Waals surface area contributed by atoms with Gasteiger partial charge in [0.05, 0.1) is 0 Å². The van der Waals surface area contributed by atoms with Gasteiger partial charge in [0.15, 0.2) is 5.96 Å². The van der Waals surface area contributed by atoms with Crippen molar-refractivity contribution in [2.75, 3.05) is 52.9 Å². The molecule has 0 radical (unpaired) electrons. The van der Waals surface area contributed by atoms with E-state index >= 15 is 0 Å². The first-order valence-corrected chi connectivity index (χ1v) is 12.2. The first-order chi connectivity index (χ1) is 14.6. The molecule has 0 amide bonds. The van der Waals surface area contributed by atoms with Gasteiger partial charge in [0, 0.05) is 37.2 Å². The lowest BCUT2D eigenvalue weighted by Crippen LogP contribution is -2.45. The molecule has 2 aliphatic rings. The van der Waals surface area contributed by atoms with Crippen LogP contribution in [0.4, 0.5) is 0 Å². The fraction of sp³-hybridized carbons (Fsp3) is 0.708. The molecular weight excluding hydrogens is 394 g/mol. The number of aliphatic imine (C=N–C) groups is 1. The molecule has 1 aromatic carbocycles. The Morgan fingerprint density at radius 2 is 2.00 bits per heavy atom. The SMILES string of the molecule is CCNC(=NCC1CCCN(CC)C1)NCC1CCCN(C)C1c1cccc(Cl)c1. The molecule has 0 aliphatic carbocycles. The van der Waals surface area contributed by atoms with Gasteiger partial charge in [0.2, 0.25) is 0 Å². The number of likely N-dealkylation sites (tertiary alicyclic amines) is 2. The zero-order valence-electron chi connectivity index (χ0n) is 19.0. The van der Waals surface area contributed by atoms with E-state index in [-0.39, 0.29) is 0 Å². The number of hydrogen-bond acceptors (Lipinski definition) is 3. The summed E-state index contributed by atoms with van der Waals surface area (Å²) in [6.07, 6.45) is 5.06. The summed E-state index contributed by atoms with van der Waals surface area (Å²) in [5.41, 5.74) is 1.32. The van der Waals surface area contributed by atoms with Gasteiger partial charge in [-0.3, -0.25) is 9.89 Å². The predicted octanol–water partition coefficient (Wildman–Crippen LogP) is 4.01. The monoisotopic (exact) mass is 433 g/mol. The van der Waals surface area contributed by atoms with Crippen LogP contribution >= 0.6 is 11.6 Å². The summed E-state index contributed by atoms with van der Waals surface area (Å²) in [6, 6.07) is 8.77. The van der Waals surface area contributed by atoms with Crippen molar-refractivity contribution in [3.63, 3.8) is 0 Å². The van der Waals surface area contributed by atoms with Crippen LogP contribution in [0.3, 0.4) is 0 Å². The van der Waals surface area contributed by atoms with Gasteiger partial charge < -0.3 is 15.5 Å². The largest absolute Gasteiger partial charge is 0.357 e. The van der Waals surface area contributed by atoms with Crippen LogP contribution in [0.15, 0.2) is 29.3 Å². The maximum atomic E-state index is 6.30. The van der Waals surface area contributed by atoms with E-state index in [0.717, 1.165) is 43.7 Å². The third-order valence-electron chi connectivity index (χ3n) is 6.63. The summed E-state index contributed by atoms with van der Waals surface area (Å²) in [6.45, 7) is 11.8. The summed E-state index contributed by atoms with van der Waals surface area (Å²) in [5.74, 6) is 2.18. The Balaban J connectivity index is 1.62. The van der Waals surface area contributed by atoms with Crippen LogP contribution < -0.4 is 10.6 Å². The Morgan fingerprint density at radius 3 is 2.77 bits per heavy atom. The number of halogens is 1. The maximum Gasteiger partial charge on any atom is 0.191 e. The molecule has 2 N–H and O–H groups in total. The zero-order chi connectivity index (χ0) is 21.3. The lowest BCUT2D eigenvalue weighted by atomic mass is 9.85. The Morgan fingerprint density at radius 1 is 1.17 bits per heavy atom. The molecule has 2 heterocycles. The third kappa shape index (κ3) is 6.60. The Hall–Kier alpha value is -1.30. The highest BCUT2D eigenvalue weighted by Gasteiger charge is 2.30. The molecule has 2 saturated heterocycles. The summed E-state index contributed by atoms with van der Waals surface area (Å²) in [4.78, 5) is 9.99. The normalized spacial score (nSPS) is 26.5. The fourth-order valence-electron chi connectivity index (χ4n) is 5.07. The summed E-state index contributed by atoms with van der Waals surface area (Å²) in [7, 11) is 2.24. The van der Waals surface area contributed by atoms with Gasteiger partial charge in [-0.25, -0.2) is 0 Å². The number of hydrogen-bond donors (Lipinski definition) is 2. The van der Waals surface area contributed by atoms with Gasteiger partial charge in [-0.1, -0.05) is 30.7 Å². The van der Waals surface area contributed by atoms with Gasteiger partial charge in [-0.05, 0) is 88.8 Å². The molecule has 2 aliphatic heterocycles. The van der Waals surface area contributed by atoms with Crippen LogP contribution in [0.2, 0.25) is 5.02 Å². The molecule has 2 fully saturated rings. The molecule has 0 spiro atoms. The average molecular weight is 434 g/mol. The molecule has 30 heavy (non-hydrogen) atoms. The summed E-state index contributed by atoms with van der Waals surface area (Å²) >= 11 is 6.30. The van der Waals surface area contributed by atoms with Crippen LogP contribution in [-0.2, 0) is 0 Å². The number of nitrogens with zero attached hydrogens (tertiary/aromatic N) is 3. The number of rotatable bonds is 7. The lowest BCUT2D eigenvalue weighted by Gasteiger charge is -2.40. The van der Waals surface area contributed by atoms with Crippen LogP contribution in [0.25, 0.3) is 0 Å². The highest BCUT2D eigenvalue weighted by atomic mass is 35.5. The number of benzene rings is 1. The van der Waals surface area contributed by atoms with Crippen LogP contribution in [0.5, 0.6) is 0 Å². The van der Waals surface area contributed by atoms with E-state index in [4.69, 9.17) is 16.6 Å². The van der Waals surface area contributed by atoms with Crippen molar-refractivity contribution in [3.8, 4) is 0 Å². The van der Waals surface area contributed by atoms with E-state index in [9.17, 15) is 0 Å². The smallest absolute Gasteiger partial charge is 0.191 e. The zero-order valence-corrected chi connectivity index (χ0v) is 19.8. The van der Waals surface area contributed by atoms with Crippen LogP contribution in [0.1, 0.15) is 51.1 Å². The molecule has 3 unspecified atom stereocenters.